The molecule has 4 heteroatoms. The van der Waals surface area contributed by atoms with E-state index in [0.717, 1.165) is 33.2 Å². The molecule has 0 radical (unpaired) electrons. The predicted molar refractivity (Wildman–Crippen MR) is 207 cm³/mol. The van der Waals surface area contributed by atoms with E-state index in [1.54, 1.807) is 0 Å². The Bertz CT molecular complexity index is 3030. The molecule has 7 aromatic carbocycles. The van der Waals surface area contributed by atoms with Crippen LogP contribution >= 0.6 is 11.3 Å². The predicted octanol–water partition coefficient (Wildman–Crippen LogP) is 12.2. The van der Waals surface area contributed by atoms with Crippen molar-refractivity contribution in [1.29, 1.82) is 0 Å². The Balaban J connectivity index is 1.29. The SMILES string of the molecule is CC1(C)c2ccccc2-c2cc3c4c5sc6ccccc6c5ccc4n(-c4nc(-c5ccc6ccccc6c5)c5ccccc5n4)c3cc21. The number of nitrogens with zero attached hydrogens (tertiary/aromatic N) is 3. The number of hydrogen-bond donors (Lipinski definition) is 0. The highest BCUT2D eigenvalue weighted by molar-refractivity contribution is 7.26. The third kappa shape index (κ3) is 3.67. The Morgan fingerprint density at radius 1 is 0.551 bits per heavy atom. The largest absolute Gasteiger partial charge is 0.278 e. The number of aromatic nitrogens is 3. The van der Waals surface area contributed by atoms with Gasteiger partial charge in [0.2, 0.25) is 5.95 Å². The van der Waals surface area contributed by atoms with Crippen molar-refractivity contribution < 1.29 is 0 Å². The fourth-order valence-corrected chi connectivity index (χ4v) is 9.67. The van der Waals surface area contributed by atoms with Crippen LogP contribution < -0.4 is 0 Å². The summed E-state index contributed by atoms with van der Waals surface area (Å²) in [4.78, 5) is 10.8. The van der Waals surface area contributed by atoms with Crippen molar-refractivity contribution in [2.24, 2.45) is 0 Å². The summed E-state index contributed by atoms with van der Waals surface area (Å²) in [6.07, 6.45) is 0. The molecule has 49 heavy (non-hydrogen) atoms. The van der Waals surface area contributed by atoms with Crippen LogP contribution in [-0.4, -0.2) is 14.5 Å². The van der Waals surface area contributed by atoms with Gasteiger partial charge < -0.3 is 0 Å². The summed E-state index contributed by atoms with van der Waals surface area (Å²) < 4.78 is 4.94. The summed E-state index contributed by atoms with van der Waals surface area (Å²) in [6, 6.07) is 50.7. The quantitative estimate of drug-likeness (QED) is 0.188. The van der Waals surface area contributed by atoms with Crippen LogP contribution in [0, 0.1) is 0 Å². The molecule has 0 fully saturated rings. The van der Waals surface area contributed by atoms with Crippen LogP contribution in [0.2, 0.25) is 0 Å². The first-order valence-corrected chi connectivity index (χ1v) is 17.7. The average molecular weight is 644 g/mol. The van der Waals surface area contributed by atoms with E-state index in [9.17, 15) is 0 Å². The second kappa shape index (κ2) is 9.62. The van der Waals surface area contributed by atoms with E-state index >= 15 is 0 Å². The lowest BCUT2D eigenvalue weighted by atomic mass is 9.82. The molecule has 230 valence electrons. The van der Waals surface area contributed by atoms with Gasteiger partial charge in [0, 0.05) is 47.3 Å². The second-order valence-electron chi connectivity index (χ2n) is 13.8. The Morgan fingerprint density at radius 2 is 1.33 bits per heavy atom. The van der Waals surface area contributed by atoms with E-state index in [-0.39, 0.29) is 5.41 Å². The van der Waals surface area contributed by atoms with Gasteiger partial charge in [-0.3, -0.25) is 4.57 Å². The van der Waals surface area contributed by atoms with Crippen molar-refractivity contribution in [2.45, 2.75) is 19.3 Å². The van der Waals surface area contributed by atoms with Gasteiger partial charge in [-0.25, -0.2) is 9.97 Å². The zero-order chi connectivity index (χ0) is 32.4. The summed E-state index contributed by atoms with van der Waals surface area (Å²) >= 11 is 1.88. The van der Waals surface area contributed by atoms with E-state index in [0.29, 0.717) is 5.95 Å². The van der Waals surface area contributed by atoms with Gasteiger partial charge in [-0.1, -0.05) is 117 Å². The molecule has 1 aliphatic rings. The molecule has 11 rings (SSSR count). The second-order valence-corrected chi connectivity index (χ2v) is 14.9. The molecule has 3 aromatic heterocycles. The molecule has 0 aliphatic heterocycles. The van der Waals surface area contributed by atoms with Crippen molar-refractivity contribution in [3.8, 4) is 28.3 Å². The summed E-state index contributed by atoms with van der Waals surface area (Å²) in [5.74, 6) is 0.690. The van der Waals surface area contributed by atoms with Crippen LogP contribution in [-0.2, 0) is 5.41 Å². The Labute approximate surface area is 286 Å². The molecule has 0 atom stereocenters. The normalized spacial score (nSPS) is 13.7. The molecule has 1 aliphatic carbocycles. The maximum absolute atomic E-state index is 5.47. The molecular formula is C45H29N3S. The molecule has 0 saturated heterocycles. The lowest BCUT2D eigenvalue weighted by Crippen LogP contribution is -2.15. The number of hydrogen-bond acceptors (Lipinski definition) is 3. The zero-order valence-electron chi connectivity index (χ0n) is 27.0. The molecule has 0 bridgehead atoms. The van der Waals surface area contributed by atoms with Gasteiger partial charge in [-0.2, -0.15) is 0 Å². The molecule has 3 nitrogen and oxygen atoms in total. The van der Waals surface area contributed by atoms with Gasteiger partial charge in [-0.15, -0.1) is 11.3 Å². The highest BCUT2D eigenvalue weighted by Gasteiger charge is 2.36. The summed E-state index contributed by atoms with van der Waals surface area (Å²) in [5, 5.41) is 8.57. The van der Waals surface area contributed by atoms with E-state index in [4.69, 9.17) is 9.97 Å². The zero-order valence-corrected chi connectivity index (χ0v) is 27.8. The number of benzene rings is 7. The first-order chi connectivity index (χ1) is 24.0. The van der Waals surface area contributed by atoms with E-state index in [2.05, 4.69) is 158 Å². The lowest BCUT2D eigenvalue weighted by molar-refractivity contribution is 0.661. The van der Waals surface area contributed by atoms with Crippen LogP contribution in [0.25, 0.3) is 92.0 Å². The molecule has 0 spiro atoms. The van der Waals surface area contributed by atoms with Crippen LogP contribution in [0.5, 0.6) is 0 Å². The molecule has 10 aromatic rings. The van der Waals surface area contributed by atoms with Gasteiger partial charge in [-0.05, 0) is 69.4 Å². The van der Waals surface area contributed by atoms with Crippen molar-refractivity contribution in [3.63, 3.8) is 0 Å². The van der Waals surface area contributed by atoms with Gasteiger partial charge >= 0.3 is 0 Å². The highest BCUT2D eigenvalue weighted by Crippen LogP contribution is 2.52. The lowest BCUT2D eigenvalue weighted by Gasteiger charge is -2.21. The minimum absolute atomic E-state index is 0.130. The Kier molecular flexibility index (Phi) is 5.33. The fourth-order valence-electron chi connectivity index (χ4n) is 8.41. The molecular weight excluding hydrogens is 615 g/mol. The van der Waals surface area contributed by atoms with Gasteiger partial charge in [0.1, 0.15) is 0 Å². The summed E-state index contributed by atoms with van der Waals surface area (Å²) in [7, 11) is 0. The van der Waals surface area contributed by atoms with E-state index < -0.39 is 0 Å². The van der Waals surface area contributed by atoms with Gasteiger partial charge in [0.15, 0.2) is 0 Å². The third-order valence-electron chi connectivity index (χ3n) is 10.8. The molecule has 0 saturated carbocycles. The Hall–Kier alpha value is -5.84. The smallest absolute Gasteiger partial charge is 0.235 e. The number of thiophene rings is 1. The van der Waals surface area contributed by atoms with Crippen molar-refractivity contribution in [3.05, 3.63) is 151 Å². The fraction of sp³-hybridized carbons (Fsp3) is 0.0667. The number of rotatable bonds is 2. The summed E-state index contributed by atoms with van der Waals surface area (Å²) in [6.45, 7) is 4.70. The number of fused-ring (bicyclic) bond motifs is 12. The van der Waals surface area contributed by atoms with Crippen molar-refractivity contribution in [2.75, 3.05) is 0 Å². The first kappa shape index (κ1) is 27.1. The first-order valence-electron chi connectivity index (χ1n) is 16.8. The van der Waals surface area contributed by atoms with Gasteiger partial charge in [0.05, 0.1) is 22.2 Å². The topological polar surface area (TPSA) is 30.7 Å². The van der Waals surface area contributed by atoms with Crippen molar-refractivity contribution in [1.82, 2.24) is 14.5 Å². The molecule has 0 N–H and O–H groups in total. The molecule has 0 amide bonds. The third-order valence-corrected chi connectivity index (χ3v) is 12.0. The maximum Gasteiger partial charge on any atom is 0.235 e. The van der Waals surface area contributed by atoms with Crippen molar-refractivity contribution >= 4 is 75.0 Å². The van der Waals surface area contributed by atoms with Gasteiger partial charge in [0.25, 0.3) is 0 Å². The monoisotopic (exact) mass is 643 g/mol. The average Bonchev–Trinajstić information content (AvgIpc) is 3.75. The van der Waals surface area contributed by atoms with E-state index in [1.807, 2.05) is 11.3 Å². The number of para-hydroxylation sites is 1. The maximum atomic E-state index is 5.47. The minimum atomic E-state index is -0.130. The van der Waals surface area contributed by atoms with Crippen LogP contribution in [0.3, 0.4) is 0 Å². The van der Waals surface area contributed by atoms with Crippen LogP contribution in [0.4, 0.5) is 0 Å². The van der Waals surface area contributed by atoms with Crippen LogP contribution in [0.1, 0.15) is 25.0 Å². The standard InChI is InChI=1S/C45H29N3S/c1-45(2)35-16-8-5-13-29(35)33-24-34-39(25-36(33)45)48(38-22-21-31-30-14-7-10-18-40(30)49-43(31)41(34)38)44-46-37-17-9-6-15-32(37)42(47-44)28-20-19-26-11-3-4-12-27(26)23-28/h3-25H,1-2H3. The minimum Gasteiger partial charge on any atom is -0.278 e. The van der Waals surface area contributed by atoms with E-state index in [1.165, 1.54) is 64.0 Å². The highest BCUT2D eigenvalue weighted by atomic mass is 32.1. The summed E-state index contributed by atoms with van der Waals surface area (Å²) in [5.41, 5.74) is 10.5. The molecule has 0 unspecified atom stereocenters. The Morgan fingerprint density at radius 3 is 2.24 bits per heavy atom. The van der Waals surface area contributed by atoms with Crippen LogP contribution in [0.15, 0.2) is 140 Å². The molecule has 3 heterocycles.